The normalized spacial score (nSPS) is 13.8. The zero-order valence-electron chi connectivity index (χ0n) is 64.5. The number of phosphoric ester groups is 2. The highest BCUT2D eigenvalue weighted by Gasteiger charge is 2.30. The molecule has 0 aliphatic rings. The van der Waals surface area contributed by atoms with E-state index in [1.165, 1.54) is 263 Å². The molecule has 0 aromatic carbocycles. The highest BCUT2D eigenvalue weighted by atomic mass is 31.2. The topological polar surface area (TPSA) is 237 Å². The number of aliphatic hydroxyl groups is 1. The van der Waals surface area contributed by atoms with E-state index in [1.54, 1.807) is 0 Å². The van der Waals surface area contributed by atoms with Gasteiger partial charge in [0.15, 0.2) is 12.2 Å². The molecular formula is C80H156O17P2. The van der Waals surface area contributed by atoms with Gasteiger partial charge in [-0.3, -0.25) is 37.3 Å². The van der Waals surface area contributed by atoms with Crippen LogP contribution in [0.25, 0.3) is 0 Å². The summed E-state index contributed by atoms with van der Waals surface area (Å²) >= 11 is 0. The molecule has 0 fully saturated rings. The van der Waals surface area contributed by atoms with Crippen molar-refractivity contribution in [3.63, 3.8) is 0 Å². The second-order valence-corrected chi connectivity index (χ2v) is 31.7. The molecule has 0 saturated carbocycles. The summed E-state index contributed by atoms with van der Waals surface area (Å²) in [5.74, 6) is -2.11. The molecule has 0 amide bonds. The predicted octanol–water partition coefficient (Wildman–Crippen LogP) is 24.2. The molecule has 0 rings (SSSR count). The lowest BCUT2D eigenvalue weighted by molar-refractivity contribution is -0.161. The van der Waals surface area contributed by atoms with Crippen molar-refractivity contribution < 1.29 is 80.2 Å². The van der Waals surface area contributed by atoms with Crippen molar-refractivity contribution >= 4 is 39.5 Å². The number of carbonyl (C=O) groups excluding carboxylic acids is 4. The third kappa shape index (κ3) is 74.1. The predicted molar refractivity (Wildman–Crippen MR) is 405 cm³/mol. The monoisotopic (exact) mass is 1450 g/mol. The number of aliphatic hydroxyl groups excluding tert-OH is 1. The molecule has 99 heavy (non-hydrogen) atoms. The molecule has 17 nitrogen and oxygen atoms in total. The largest absolute Gasteiger partial charge is 0.472 e. The summed E-state index contributed by atoms with van der Waals surface area (Å²) in [5.41, 5.74) is 0. The van der Waals surface area contributed by atoms with Crippen LogP contribution in [0.3, 0.4) is 0 Å². The van der Waals surface area contributed by atoms with Crippen LogP contribution >= 0.6 is 15.6 Å². The smallest absolute Gasteiger partial charge is 0.462 e. The average molecular weight is 1450 g/mol. The first-order valence-electron chi connectivity index (χ1n) is 41.8. The number of esters is 4. The van der Waals surface area contributed by atoms with E-state index in [2.05, 4.69) is 27.7 Å². The van der Waals surface area contributed by atoms with Gasteiger partial charge < -0.3 is 33.8 Å². The van der Waals surface area contributed by atoms with Crippen LogP contribution in [0.5, 0.6) is 0 Å². The van der Waals surface area contributed by atoms with Crippen LogP contribution in [-0.2, 0) is 65.4 Å². The zero-order chi connectivity index (χ0) is 72.5. The Labute approximate surface area is 607 Å². The molecule has 2 unspecified atom stereocenters. The summed E-state index contributed by atoms with van der Waals surface area (Å²) in [7, 11) is -9.91. The Morgan fingerprint density at radius 1 is 0.242 bits per heavy atom. The Morgan fingerprint density at radius 3 is 0.596 bits per heavy atom. The van der Waals surface area contributed by atoms with Gasteiger partial charge in [-0.05, 0) is 25.7 Å². The maximum Gasteiger partial charge on any atom is 0.472 e. The van der Waals surface area contributed by atoms with E-state index < -0.39 is 97.5 Å². The number of carbonyl (C=O) groups is 4. The second-order valence-electron chi connectivity index (χ2n) is 28.8. The molecular weight excluding hydrogens is 1290 g/mol. The van der Waals surface area contributed by atoms with Gasteiger partial charge in [-0.25, -0.2) is 9.13 Å². The fourth-order valence-electron chi connectivity index (χ4n) is 12.5. The summed E-state index contributed by atoms with van der Waals surface area (Å²) in [5, 5.41) is 10.6. The number of ether oxygens (including phenoxy) is 4. The molecule has 19 heteroatoms. The zero-order valence-corrected chi connectivity index (χ0v) is 66.3. The van der Waals surface area contributed by atoms with E-state index in [4.69, 9.17) is 37.0 Å². The summed E-state index contributed by atoms with van der Waals surface area (Å²) < 4.78 is 68.6. The van der Waals surface area contributed by atoms with Gasteiger partial charge in [0.1, 0.15) is 19.3 Å². The highest BCUT2D eigenvalue weighted by molar-refractivity contribution is 7.47. The lowest BCUT2D eigenvalue weighted by Crippen LogP contribution is -2.30. The fraction of sp³-hybridized carbons (Fsp3) is 0.950. The Bertz CT molecular complexity index is 1880. The van der Waals surface area contributed by atoms with Crippen molar-refractivity contribution in [3.05, 3.63) is 0 Å². The Balaban J connectivity index is 5.17. The number of unbranched alkanes of at least 4 members (excludes halogenated alkanes) is 55. The average Bonchev–Trinajstić information content (AvgIpc) is 3.43. The van der Waals surface area contributed by atoms with Crippen LogP contribution in [0, 0.1) is 0 Å². The first-order chi connectivity index (χ1) is 48.2. The van der Waals surface area contributed by atoms with Crippen LogP contribution in [0.15, 0.2) is 0 Å². The van der Waals surface area contributed by atoms with Gasteiger partial charge in [-0.15, -0.1) is 0 Å². The molecule has 0 saturated heterocycles. The van der Waals surface area contributed by atoms with Gasteiger partial charge in [0.05, 0.1) is 26.4 Å². The minimum atomic E-state index is -4.96. The van der Waals surface area contributed by atoms with Crippen LogP contribution in [0.1, 0.15) is 432 Å². The first-order valence-corrected chi connectivity index (χ1v) is 44.8. The molecule has 0 aromatic rings. The van der Waals surface area contributed by atoms with Gasteiger partial charge in [0.25, 0.3) is 0 Å². The van der Waals surface area contributed by atoms with E-state index in [0.717, 1.165) is 89.9 Å². The molecule has 0 radical (unpaired) electrons. The summed E-state index contributed by atoms with van der Waals surface area (Å²) in [6.45, 7) is 4.98. The standard InChI is InChI=1S/C80H156O17P2/c1-5-9-13-17-21-25-28-30-32-34-36-38-40-42-44-46-50-53-57-61-65-78(83)91-71-76(97-80(85)67-63-59-55-51-47-45-43-41-39-37-35-33-31-29-26-22-18-14-10-6-2)73-95-99(88,89)93-69-74(81)68-92-98(86,87)94-72-75(70-90-77(82)64-60-56-52-48-24-20-16-12-8-4)96-79(84)66-62-58-54-49-27-23-19-15-11-7-3/h74-76,81H,5-73H2,1-4H3,(H,86,87)(H,88,89)/t74-,75+,76+/m0/s1. The Kier molecular flexibility index (Phi) is 72.9. The van der Waals surface area contributed by atoms with Crippen molar-refractivity contribution in [2.24, 2.45) is 0 Å². The number of hydrogen-bond acceptors (Lipinski definition) is 15. The van der Waals surface area contributed by atoms with Crippen molar-refractivity contribution in [2.75, 3.05) is 39.6 Å². The van der Waals surface area contributed by atoms with E-state index in [0.29, 0.717) is 25.7 Å². The second kappa shape index (κ2) is 74.3. The fourth-order valence-corrected chi connectivity index (χ4v) is 14.0. The third-order valence-electron chi connectivity index (χ3n) is 18.9. The van der Waals surface area contributed by atoms with Crippen molar-refractivity contribution in [2.45, 2.75) is 451 Å². The third-order valence-corrected chi connectivity index (χ3v) is 20.8. The molecule has 588 valence electrons. The first kappa shape index (κ1) is 97.1. The highest BCUT2D eigenvalue weighted by Crippen LogP contribution is 2.45. The van der Waals surface area contributed by atoms with Gasteiger partial charge >= 0.3 is 39.5 Å². The number of phosphoric acid groups is 2. The molecule has 0 spiro atoms. The Hall–Kier alpha value is -1.94. The van der Waals surface area contributed by atoms with E-state index in [-0.39, 0.29) is 25.7 Å². The lowest BCUT2D eigenvalue weighted by Gasteiger charge is -2.21. The van der Waals surface area contributed by atoms with Crippen molar-refractivity contribution in [1.82, 2.24) is 0 Å². The summed E-state index contributed by atoms with van der Waals surface area (Å²) in [6, 6.07) is 0. The maximum atomic E-state index is 13.1. The maximum absolute atomic E-state index is 13.1. The van der Waals surface area contributed by atoms with E-state index in [1.807, 2.05) is 0 Å². The van der Waals surface area contributed by atoms with Crippen molar-refractivity contribution in [1.29, 1.82) is 0 Å². The van der Waals surface area contributed by atoms with Crippen LogP contribution < -0.4 is 0 Å². The van der Waals surface area contributed by atoms with Gasteiger partial charge in [0.2, 0.25) is 0 Å². The summed E-state index contributed by atoms with van der Waals surface area (Å²) in [6.07, 6.45) is 66.8. The van der Waals surface area contributed by atoms with E-state index in [9.17, 15) is 43.2 Å². The Morgan fingerprint density at radius 2 is 0.404 bits per heavy atom. The van der Waals surface area contributed by atoms with Crippen molar-refractivity contribution in [3.8, 4) is 0 Å². The minimum Gasteiger partial charge on any atom is -0.462 e. The molecule has 0 aliphatic carbocycles. The minimum absolute atomic E-state index is 0.107. The number of hydrogen-bond donors (Lipinski definition) is 3. The molecule has 0 bridgehead atoms. The van der Waals surface area contributed by atoms with Gasteiger partial charge in [0, 0.05) is 25.7 Å². The molecule has 5 atom stereocenters. The van der Waals surface area contributed by atoms with Gasteiger partial charge in [-0.1, -0.05) is 381 Å². The molecule has 0 aliphatic heterocycles. The molecule has 0 aromatic heterocycles. The van der Waals surface area contributed by atoms with Gasteiger partial charge in [-0.2, -0.15) is 0 Å². The van der Waals surface area contributed by atoms with Crippen LogP contribution in [-0.4, -0.2) is 96.7 Å². The van der Waals surface area contributed by atoms with Crippen LogP contribution in [0.4, 0.5) is 0 Å². The summed E-state index contributed by atoms with van der Waals surface area (Å²) in [4.78, 5) is 72.8. The molecule has 3 N–H and O–H groups in total. The lowest BCUT2D eigenvalue weighted by atomic mass is 10.0. The SMILES string of the molecule is CCCCCCCCCCCCCCCCCCCCCCC(=O)OC[C@H](COP(=O)(O)OC[C@@H](O)COP(=O)(O)OC[C@@H](COC(=O)CCCCCCCCCCC)OC(=O)CCCCCCCCCCCC)OC(=O)CCCCCCCCCCCCCCCCCCCCCC. The van der Waals surface area contributed by atoms with E-state index >= 15 is 0 Å². The quantitative estimate of drug-likeness (QED) is 0.0222. The number of rotatable bonds is 81. The van der Waals surface area contributed by atoms with Crippen LogP contribution in [0.2, 0.25) is 0 Å². The molecule has 0 heterocycles.